The van der Waals surface area contributed by atoms with Gasteiger partial charge in [-0.15, -0.1) is 0 Å². The van der Waals surface area contributed by atoms with Gasteiger partial charge < -0.3 is 5.11 Å². The Bertz CT molecular complexity index is 464. The van der Waals surface area contributed by atoms with E-state index in [0.717, 1.165) is 31.4 Å². The normalized spacial score (nSPS) is 10.0. The van der Waals surface area contributed by atoms with E-state index in [-0.39, 0.29) is 0 Å². The average molecular weight is 407 g/mol. The van der Waals surface area contributed by atoms with Crippen molar-refractivity contribution in [3.05, 3.63) is 0 Å². The molecule has 2 nitrogen and oxygen atoms in total. The standard InChI is InChI=1S/C25H42O2S/c26-25(27)23-21-19-17-15-13-11-9-7-5-3-1-2-4-6-8-10-12-14-16-18-20-22-24-28/h28H,5-24H2,(H,26,27). The second kappa shape index (κ2) is 24.0. The van der Waals surface area contributed by atoms with Gasteiger partial charge in [0.25, 0.3) is 0 Å². The highest BCUT2D eigenvalue weighted by Gasteiger charge is 1.96. The molecule has 3 heteroatoms. The molecule has 0 atom stereocenters. The molecule has 0 amide bonds. The summed E-state index contributed by atoms with van der Waals surface area (Å²) in [5, 5.41) is 8.56. The molecule has 0 saturated heterocycles. The number of hydrogen-bond acceptors (Lipinski definition) is 2. The number of rotatable bonds is 19. The van der Waals surface area contributed by atoms with Gasteiger partial charge in [0.2, 0.25) is 0 Å². The van der Waals surface area contributed by atoms with E-state index in [1.54, 1.807) is 0 Å². The first-order valence-electron chi connectivity index (χ1n) is 11.6. The van der Waals surface area contributed by atoms with Crippen LogP contribution < -0.4 is 0 Å². The van der Waals surface area contributed by atoms with Crippen LogP contribution in [0.1, 0.15) is 122 Å². The van der Waals surface area contributed by atoms with Gasteiger partial charge in [-0.25, -0.2) is 0 Å². The van der Waals surface area contributed by atoms with Crippen molar-refractivity contribution in [3.8, 4) is 23.7 Å². The van der Waals surface area contributed by atoms with Gasteiger partial charge in [0.1, 0.15) is 0 Å². The van der Waals surface area contributed by atoms with Crippen LogP contribution in [0.2, 0.25) is 0 Å². The minimum atomic E-state index is -0.674. The lowest BCUT2D eigenvalue weighted by atomic mass is 10.1. The molecule has 0 saturated carbocycles. The summed E-state index contributed by atoms with van der Waals surface area (Å²) in [6, 6.07) is 0. The molecule has 0 aromatic heterocycles. The number of aliphatic carboxylic acids is 1. The Balaban J connectivity index is 3.24. The summed E-state index contributed by atoms with van der Waals surface area (Å²) >= 11 is 4.24. The fourth-order valence-corrected chi connectivity index (χ4v) is 3.37. The van der Waals surface area contributed by atoms with Crippen LogP contribution in [-0.2, 0) is 4.79 Å². The molecule has 1 N–H and O–H groups in total. The van der Waals surface area contributed by atoms with Crippen molar-refractivity contribution in [2.75, 3.05) is 5.75 Å². The van der Waals surface area contributed by atoms with Crippen molar-refractivity contribution in [1.29, 1.82) is 0 Å². The van der Waals surface area contributed by atoms with Crippen molar-refractivity contribution < 1.29 is 9.90 Å². The number of carbonyl (C=O) groups is 1. The van der Waals surface area contributed by atoms with Gasteiger partial charge in [-0.05, 0) is 43.3 Å². The van der Waals surface area contributed by atoms with Gasteiger partial charge >= 0.3 is 5.97 Å². The van der Waals surface area contributed by atoms with Crippen LogP contribution in [0.25, 0.3) is 0 Å². The Morgan fingerprint density at radius 1 is 0.571 bits per heavy atom. The molecule has 160 valence electrons. The molecule has 0 unspecified atom stereocenters. The van der Waals surface area contributed by atoms with Gasteiger partial charge in [-0.3, -0.25) is 4.79 Å². The van der Waals surface area contributed by atoms with Crippen LogP contribution in [-0.4, -0.2) is 16.8 Å². The fraction of sp³-hybridized carbons (Fsp3) is 0.800. The van der Waals surface area contributed by atoms with E-state index in [2.05, 4.69) is 36.3 Å². The third kappa shape index (κ3) is 24.9. The second-order valence-electron chi connectivity index (χ2n) is 7.63. The molecule has 0 aromatic carbocycles. The van der Waals surface area contributed by atoms with E-state index in [4.69, 9.17) is 5.11 Å². The minimum absolute atomic E-state index is 0.318. The summed E-state index contributed by atoms with van der Waals surface area (Å²) in [5.41, 5.74) is 0. The van der Waals surface area contributed by atoms with Gasteiger partial charge in [0.05, 0.1) is 0 Å². The third-order valence-electron chi connectivity index (χ3n) is 4.89. The SMILES string of the molecule is O=C(O)CCCCCCCCCCC#CC#CCCCCCCCCCCS. The number of unbranched alkanes of at least 4 members (excludes halogenated alkanes) is 16. The van der Waals surface area contributed by atoms with Crippen LogP contribution in [0.15, 0.2) is 0 Å². The van der Waals surface area contributed by atoms with E-state index in [9.17, 15) is 4.79 Å². The summed E-state index contributed by atoms with van der Waals surface area (Å²) in [5.74, 6) is 12.7. The predicted octanol–water partition coefficient (Wildman–Crippen LogP) is 7.42. The molecule has 0 heterocycles. The molecule has 0 bridgehead atoms. The molecular formula is C25H42O2S. The molecule has 0 fully saturated rings. The summed E-state index contributed by atoms with van der Waals surface area (Å²) in [6.45, 7) is 0. The predicted molar refractivity (Wildman–Crippen MR) is 125 cm³/mol. The lowest BCUT2D eigenvalue weighted by molar-refractivity contribution is -0.137. The van der Waals surface area contributed by atoms with Gasteiger partial charge in [-0.2, -0.15) is 12.6 Å². The number of hydrogen-bond donors (Lipinski definition) is 2. The summed E-state index contributed by atoms with van der Waals surface area (Å²) in [7, 11) is 0. The van der Waals surface area contributed by atoms with Crippen molar-refractivity contribution in [2.45, 2.75) is 122 Å². The zero-order valence-corrected chi connectivity index (χ0v) is 18.8. The second-order valence-corrected chi connectivity index (χ2v) is 8.07. The molecule has 0 rings (SSSR count). The van der Waals surface area contributed by atoms with Crippen LogP contribution >= 0.6 is 12.6 Å². The maximum Gasteiger partial charge on any atom is 0.303 e. The largest absolute Gasteiger partial charge is 0.481 e. The van der Waals surface area contributed by atoms with E-state index in [1.165, 1.54) is 89.9 Å². The first kappa shape index (κ1) is 26.9. The quantitative estimate of drug-likeness (QED) is 0.133. The Kier molecular flexibility index (Phi) is 23.1. The lowest BCUT2D eigenvalue weighted by Crippen LogP contribution is -1.93. The van der Waals surface area contributed by atoms with E-state index >= 15 is 0 Å². The topological polar surface area (TPSA) is 37.3 Å². The van der Waals surface area contributed by atoms with Gasteiger partial charge in [-0.1, -0.05) is 88.9 Å². The minimum Gasteiger partial charge on any atom is -0.481 e. The smallest absolute Gasteiger partial charge is 0.303 e. The van der Waals surface area contributed by atoms with Crippen LogP contribution in [0.5, 0.6) is 0 Å². The molecular weight excluding hydrogens is 364 g/mol. The average Bonchev–Trinajstić information content (AvgIpc) is 2.68. The fourth-order valence-electron chi connectivity index (χ4n) is 3.15. The zero-order chi connectivity index (χ0) is 20.5. The van der Waals surface area contributed by atoms with Crippen molar-refractivity contribution >= 4 is 18.6 Å². The molecule has 0 radical (unpaired) electrons. The van der Waals surface area contributed by atoms with Crippen LogP contribution in [0.4, 0.5) is 0 Å². The molecule has 28 heavy (non-hydrogen) atoms. The molecule has 0 aliphatic rings. The zero-order valence-electron chi connectivity index (χ0n) is 17.9. The molecule has 0 spiro atoms. The molecule has 0 aliphatic heterocycles. The number of thiol groups is 1. The van der Waals surface area contributed by atoms with Crippen LogP contribution in [0, 0.1) is 23.7 Å². The first-order valence-corrected chi connectivity index (χ1v) is 12.2. The summed E-state index contributed by atoms with van der Waals surface area (Å²) in [4.78, 5) is 10.4. The highest BCUT2D eigenvalue weighted by atomic mass is 32.1. The van der Waals surface area contributed by atoms with Crippen molar-refractivity contribution in [2.24, 2.45) is 0 Å². The molecule has 0 aliphatic carbocycles. The Labute approximate surface area is 180 Å². The maximum absolute atomic E-state index is 10.4. The van der Waals surface area contributed by atoms with E-state index in [1.807, 2.05) is 0 Å². The van der Waals surface area contributed by atoms with Gasteiger partial charge in [0, 0.05) is 19.3 Å². The van der Waals surface area contributed by atoms with Gasteiger partial charge in [0.15, 0.2) is 0 Å². The number of carboxylic acids is 1. The Hall–Kier alpha value is -1.06. The number of carboxylic acid groups (broad SMARTS) is 1. The van der Waals surface area contributed by atoms with Crippen LogP contribution in [0.3, 0.4) is 0 Å². The van der Waals surface area contributed by atoms with E-state index in [0.29, 0.717) is 6.42 Å². The monoisotopic (exact) mass is 406 g/mol. The molecule has 0 aromatic rings. The maximum atomic E-state index is 10.4. The van der Waals surface area contributed by atoms with Crippen molar-refractivity contribution in [1.82, 2.24) is 0 Å². The highest BCUT2D eigenvalue weighted by Crippen LogP contribution is 2.11. The first-order chi connectivity index (χ1) is 13.8. The third-order valence-corrected chi connectivity index (χ3v) is 5.21. The highest BCUT2D eigenvalue weighted by molar-refractivity contribution is 7.80. The lowest BCUT2D eigenvalue weighted by Gasteiger charge is -2.00. The Morgan fingerprint density at radius 2 is 0.929 bits per heavy atom. The summed E-state index contributed by atoms with van der Waals surface area (Å²) < 4.78 is 0. The summed E-state index contributed by atoms with van der Waals surface area (Å²) in [6.07, 6.45) is 22.0. The van der Waals surface area contributed by atoms with Crippen molar-refractivity contribution in [3.63, 3.8) is 0 Å². The van der Waals surface area contributed by atoms with E-state index < -0.39 is 5.97 Å². The Morgan fingerprint density at radius 3 is 1.32 bits per heavy atom.